The summed E-state index contributed by atoms with van der Waals surface area (Å²) in [4.78, 5) is 12.2. The van der Waals surface area contributed by atoms with Crippen molar-refractivity contribution < 1.29 is 9.53 Å². The van der Waals surface area contributed by atoms with Gasteiger partial charge in [-0.05, 0) is 49.6 Å². The molecule has 1 aromatic carbocycles. The van der Waals surface area contributed by atoms with Crippen molar-refractivity contribution in [3.05, 3.63) is 41.3 Å². The molecule has 0 radical (unpaired) electrons. The third kappa shape index (κ3) is 4.52. The van der Waals surface area contributed by atoms with Crippen LogP contribution in [0.4, 0.5) is 5.00 Å². The van der Waals surface area contributed by atoms with Crippen LogP contribution in [0.3, 0.4) is 0 Å². The van der Waals surface area contributed by atoms with E-state index in [0.717, 1.165) is 17.1 Å². The lowest BCUT2D eigenvalue weighted by atomic mass is 10.2. The number of ether oxygens (including phenoxy) is 1. The fourth-order valence-electron chi connectivity index (χ4n) is 2.55. The first-order valence-electron chi connectivity index (χ1n) is 8.72. The summed E-state index contributed by atoms with van der Waals surface area (Å²) >= 11 is 2.65. The lowest BCUT2D eigenvalue weighted by molar-refractivity contribution is -0.113. The summed E-state index contributed by atoms with van der Waals surface area (Å²) in [6.45, 7) is 5.26. The van der Waals surface area contributed by atoms with Crippen molar-refractivity contribution in [3.8, 4) is 23.2 Å². The first-order chi connectivity index (χ1) is 13.7. The van der Waals surface area contributed by atoms with Crippen LogP contribution in [0.1, 0.15) is 19.4 Å². The first kappa shape index (κ1) is 19.9. The Labute approximate surface area is 171 Å². The van der Waals surface area contributed by atoms with E-state index in [4.69, 9.17) is 10.00 Å². The van der Waals surface area contributed by atoms with E-state index in [1.807, 2.05) is 42.7 Å². The molecule has 3 aromatic rings. The normalized spacial score (nSPS) is 10.5. The molecule has 1 N–H and O–H groups in total. The number of benzene rings is 1. The zero-order valence-corrected chi connectivity index (χ0v) is 17.1. The molecule has 0 aliphatic rings. The number of anilines is 1. The summed E-state index contributed by atoms with van der Waals surface area (Å²) in [7, 11) is 0. The molecule has 7 nitrogen and oxygen atoms in total. The predicted molar refractivity (Wildman–Crippen MR) is 111 cm³/mol. The van der Waals surface area contributed by atoms with Crippen LogP contribution < -0.4 is 10.1 Å². The van der Waals surface area contributed by atoms with E-state index in [0.29, 0.717) is 28.9 Å². The van der Waals surface area contributed by atoms with E-state index in [1.165, 1.54) is 23.1 Å². The average molecular weight is 414 g/mol. The predicted octanol–water partition coefficient (Wildman–Crippen LogP) is 4.03. The summed E-state index contributed by atoms with van der Waals surface area (Å²) in [5, 5.41) is 23.3. The number of nitrogens with one attached hydrogen (secondary N) is 1. The van der Waals surface area contributed by atoms with Crippen LogP contribution in [0.15, 0.2) is 40.9 Å². The van der Waals surface area contributed by atoms with Crippen molar-refractivity contribution in [2.75, 3.05) is 17.7 Å². The maximum atomic E-state index is 12.2. The second-order valence-corrected chi connectivity index (χ2v) is 7.48. The standard InChI is InChI=1S/C19H19N5O2S2/c1-3-24-17(13-5-7-15(8-6-13)26-4-2)22-23-19(24)28-12-16(25)21-18-14(11-20)9-10-27-18/h5-10H,3-4,12H2,1-2H3,(H,21,25). The van der Waals surface area contributed by atoms with Gasteiger partial charge in [0.2, 0.25) is 5.91 Å². The Morgan fingerprint density at radius 3 is 2.75 bits per heavy atom. The van der Waals surface area contributed by atoms with Gasteiger partial charge in [-0.15, -0.1) is 21.5 Å². The Kier molecular flexibility index (Phi) is 6.68. The summed E-state index contributed by atoms with van der Waals surface area (Å²) < 4.78 is 7.44. The topological polar surface area (TPSA) is 92.8 Å². The zero-order valence-electron chi connectivity index (χ0n) is 15.5. The number of thiophene rings is 1. The van der Waals surface area contributed by atoms with Gasteiger partial charge in [-0.1, -0.05) is 11.8 Å². The van der Waals surface area contributed by atoms with Gasteiger partial charge in [-0.3, -0.25) is 4.79 Å². The number of hydrogen-bond acceptors (Lipinski definition) is 7. The molecule has 3 rings (SSSR count). The highest BCUT2D eigenvalue weighted by molar-refractivity contribution is 7.99. The summed E-state index contributed by atoms with van der Waals surface area (Å²) in [5.74, 6) is 1.56. The molecule has 1 amide bonds. The molecular weight excluding hydrogens is 394 g/mol. The third-order valence-electron chi connectivity index (χ3n) is 3.83. The lowest BCUT2D eigenvalue weighted by Crippen LogP contribution is -2.14. The summed E-state index contributed by atoms with van der Waals surface area (Å²) in [6.07, 6.45) is 0. The van der Waals surface area contributed by atoms with Crippen LogP contribution in [0.5, 0.6) is 5.75 Å². The first-order valence-corrected chi connectivity index (χ1v) is 10.6. The van der Waals surface area contributed by atoms with Gasteiger partial charge >= 0.3 is 0 Å². The number of carbonyl (C=O) groups excluding carboxylic acids is 1. The van der Waals surface area contributed by atoms with E-state index < -0.39 is 0 Å². The van der Waals surface area contributed by atoms with Gasteiger partial charge in [0, 0.05) is 12.1 Å². The summed E-state index contributed by atoms with van der Waals surface area (Å²) in [6, 6.07) is 11.4. The number of hydrogen-bond donors (Lipinski definition) is 1. The molecule has 28 heavy (non-hydrogen) atoms. The number of amides is 1. The molecule has 0 spiro atoms. The minimum absolute atomic E-state index is 0.183. The SMILES string of the molecule is CCOc1ccc(-c2nnc(SCC(=O)Nc3sccc3C#N)n2CC)cc1. The molecule has 0 bridgehead atoms. The van der Waals surface area contributed by atoms with Crippen molar-refractivity contribution in [3.63, 3.8) is 0 Å². The van der Waals surface area contributed by atoms with Crippen LogP contribution in [-0.2, 0) is 11.3 Å². The molecular formula is C19H19N5O2S2. The fraction of sp³-hybridized carbons (Fsp3) is 0.263. The second-order valence-electron chi connectivity index (χ2n) is 5.62. The van der Waals surface area contributed by atoms with Gasteiger partial charge in [0.05, 0.1) is 17.9 Å². The van der Waals surface area contributed by atoms with Crippen LogP contribution in [0.2, 0.25) is 0 Å². The number of thioether (sulfide) groups is 1. The van der Waals surface area contributed by atoms with Gasteiger partial charge in [0.15, 0.2) is 11.0 Å². The average Bonchev–Trinajstić information content (AvgIpc) is 3.33. The zero-order chi connectivity index (χ0) is 19.9. The van der Waals surface area contributed by atoms with Crippen LogP contribution in [0.25, 0.3) is 11.4 Å². The van der Waals surface area contributed by atoms with E-state index in [9.17, 15) is 4.79 Å². The Balaban J connectivity index is 1.68. The van der Waals surface area contributed by atoms with Gasteiger partial charge in [0.1, 0.15) is 16.8 Å². The van der Waals surface area contributed by atoms with Crippen molar-refractivity contribution in [1.82, 2.24) is 14.8 Å². The van der Waals surface area contributed by atoms with E-state index in [1.54, 1.807) is 11.4 Å². The highest BCUT2D eigenvalue weighted by atomic mass is 32.2. The number of nitrogens with zero attached hydrogens (tertiary/aromatic N) is 4. The van der Waals surface area contributed by atoms with Gasteiger partial charge in [-0.2, -0.15) is 5.26 Å². The number of rotatable bonds is 8. The highest BCUT2D eigenvalue weighted by Gasteiger charge is 2.15. The minimum Gasteiger partial charge on any atom is -0.494 e. The Morgan fingerprint density at radius 2 is 2.07 bits per heavy atom. The number of carbonyl (C=O) groups is 1. The monoisotopic (exact) mass is 413 g/mol. The van der Waals surface area contributed by atoms with Crippen LogP contribution in [-0.4, -0.2) is 33.0 Å². The lowest BCUT2D eigenvalue weighted by Gasteiger charge is -2.08. The number of nitriles is 1. The van der Waals surface area contributed by atoms with Crippen molar-refractivity contribution >= 4 is 34.0 Å². The largest absolute Gasteiger partial charge is 0.494 e. The quantitative estimate of drug-likeness (QED) is 0.561. The van der Waals surface area contributed by atoms with Crippen molar-refractivity contribution in [2.24, 2.45) is 0 Å². The highest BCUT2D eigenvalue weighted by Crippen LogP contribution is 2.26. The van der Waals surface area contributed by atoms with E-state index in [2.05, 4.69) is 21.6 Å². The minimum atomic E-state index is -0.183. The Hall–Kier alpha value is -2.83. The maximum Gasteiger partial charge on any atom is 0.235 e. The van der Waals surface area contributed by atoms with Crippen LogP contribution in [0, 0.1) is 11.3 Å². The van der Waals surface area contributed by atoms with Crippen molar-refractivity contribution in [2.45, 2.75) is 25.5 Å². The molecule has 144 valence electrons. The molecule has 2 aromatic heterocycles. The number of aromatic nitrogens is 3. The molecule has 0 saturated heterocycles. The van der Waals surface area contributed by atoms with Crippen molar-refractivity contribution in [1.29, 1.82) is 5.26 Å². The molecule has 9 heteroatoms. The molecule has 0 aliphatic carbocycles. The van der Waals surface area contributed by atoms with Crippen LogP contribution >= 0.6 is 23.1 Å². The molecule has 0 aliphatic heterocycles. The molecule has 0 saturated carbocycles. The Bertz CT molecular complexity index is 989. The van der Waals surface area contributed by atoms with Gasteiger partial charge < -0.3 is 14.6 Å². The molecule has 0 atom stereocenters. The van der Waals surface area contributed by atoms with E-state index >= 15 is 0 Å². The molecule has 2 heterocycles. The smallest absolute Gasteiger partial charge is 0.235 e. The fourth-order valence-corrected chi connectivity index (χ4v) is 4.10. The van der Waals surface area contributed by atoms with Gasteiger partial charge in [-0.25, -0.2) is 0 Å². The van der Waals surface area contributed by atoms with E-state index in [-0.39, 0.29) is 11.7 Å². The van der Waals surface area contributed by atoms with Gasteiger partial charge in [0.25, 0.3) is 0 Å². The second kappa shape index (κ2) is 9.39. The third-order valence-corrected chi connectivity index (χ3v) is 5.62. The summed E-state index contributed by atoms with van der Waals surface area (Å²) in [5.41, 5.74) is 1.41. The molecule has 0 fully saturated rings. The maximum absolute atomic E-state index is 12.2. The molecule has 0 unspecified atom stereocenters. The Morgan fingerprint density at radius 1 is 1.29 bits per heavy atom.